The van der Waals surface area contributed by atoms with Crippen molar-refractivity contribution in [2.24, 2.45) is 11.8 Å². The van der Waals surface area contributed by atoms with Gasteiger partial charge in [0.05, 0.1) is 6.61 Å². The second kappa shape index (κ2) is 5.73. The molecule has 0 N–H and O–H groups in total. The van der Waals surface area contributed by atoms with E-state index in [1.807, 2.05) is 13.8 Å². The minimum atomic E-state index is -0.569. The monoisotopic (exact) mass is 186 g/mol. The molecular weight excluding hydrogens is 168 g/mol. The van der Waals surface area contributed by atoms with Crippen molar-refractivity contribution in [3.8, 4) is 0 Å². The molecule has 1 atom stereocenters. The maximum absolute atomic E-state index is 11.3. The average molecular weight is 186 g/mol. The van der Waals surface area contributed by atoms with E-state index < -0.39 is 5.92 Å². The first-order valence-corrected chi connectivity index (χ1v) is 4.66. The van der Waals surface area contributed by atoms with Gasteiger partial charge in [-0.2, -0.15) is 0 Å². The van der Waals surface area contributed by atoms with Gasteiger partial charge in [0.15, 0.2) is 0 Å². The normalized spacial score (nSPS) is 12.7. The third kappa shape index (κ3) is 4.65. The summed E-state index contributed by atoms with van der Waals surface area (Å²) in [7, 11) is 0. The fraction of sp³-hybridized carbons (Fsp3) is 0.800. The van der Waals surface area contributed by atoms with E-state index in [1.54, 1.807) is 6.92 Å². The van der Waals surface area contributed by atoms with Gasteiger partial charge in [0.25, 0.3) is 0 Å². The lowest BCUT2D eigenvalue weighted by molar-refractivity contribution is -0.151. The molecule has 0 saturated heterocycles. The van der Waals surface area contributed by atoms with Crippen molar-refractivity contribution in [3.05, 3.63) is 0 Å². The van der Waals surface area contributed by atoms with E-state index in [0.29, 0.717) is 18.9 Å². The number of hydrogen-bond acceptors (Lipinski definition) is 3. The van der Waals surface area contributed by atoms with Gasteiger partial charge in [0, 0.05) is 0 Å². The van der Waals surface area contributed by atoms with Crippen molar-refractivity contribution in [2.75, 3.05) is 6.61 Å². The Bertz CT molecular complexity index is 185. The van der Waals surface area contributed by atoms with Crippen LogP contribution in [0.1, 0.15) is 34.1 Å². The van der Waals surface area contributed by atoms with Crippen molar-refractivity contribution in [3.63, 3.8) is 0 Å². The first-order chi connectivity index (χ1) is 5.99. The predicted octanol–water partition coefficient (Wildman–Crippen LogP) is 1.80. The number of carbonyl (C=O) groups is 2. The molecule has 0 aliphatic heterocycles. The van der Waals surface area contributed by atoms with Crippen molar-refractivity contribution >= 4 is 11.8 Å². The maximum atomic E-state index is 11.3. The fourth-order valence-corrected chi connectivity index (χ4v) is 1.14. The predicted molar refractivity (Wildman–Crippen MR) is 50.3 cm³/mol. The maximum Gasteiger partial charge on any atom is 0.316 e. The number of rotatable bonds is 5. The van der Waals surface area contributed by atoms with Gasteiger partial charge in [0.2, 0.25) is 0 Å². The summed E-state index contributed by atoms with van der Waals surface area (Å²) in [5.41, 5.74) is 0. The molecule has 76 valence electrons. The molecule has 0 aliphatic rings. The first-order valence-electron chi connectivity index (χ1n) is 4.66. The molecule has 0 aromatic carbocycles. The van der Waals surface area contributed by atoms with Gasteiger partial charge in [0.1, 0.15) is 11.7 Å². The standard InChI is InChI=1S/C10H18O3/c1-5-13-10(12)9(8(4)11)6-7(2)3/h7,9H,5-6H2,1-4H3/t9-/m0/s1. The van der Waals surface area contributed by atoms with Crippen LogP contribution in [0.4, 0.5) is 0 Å². The Morgan fingerprint density at radius 3 is 2.15 bits per heavy atom. The first kappa shape index (κ1) is 12.1. The minimum Gasteiger partial charge on any atom is -0.465 e. The van der Waals surface area contributed by atoms with Crippen molar-refractivity contribution < 1.29 is 14.3 Å². The molecular formula is C10H18O3. The zero-order valence-corrected chi connectivity index (χ0v) is 8.79. The molecule has 0 aromatic heterocycles. The summed E-state index contributed by atoms with van der Waals surface area (Å²) in [5, 5.41) is 0. The average Bonchev–Trinajstić information content (AvgIpc) is 1.99. The Morgan fingerprint density at radius 1 is 1.31 bits per heavy atom. The molecule has 0 saturated carbocycles. The summed E-state index contributed by atoms with van der Waals surface area (Å²) in [5.74, 6) is -0.728. The molecule has 0 amide bonds. The van der Waals surface area contributed by atoms with Gasteiger partial charge in [-0.1, -0.05) is 13.8 Å². The van der Waals surface area contributed by atoms with Crippen molar-refractivity contribution in [2.45, 2.75) is 34.1 Å². The third-order valence-electron chi connectivity index (χ3n) is 1.77. The zero-order chi connectivity index (χ0) is 10.4. The largest absolute Gasteiger partial charge is 0.465 e. The van der Waals surface area contributed by atoms with Crippen LogP contribution in [0, 0.1) is 11.8 Å². The Kier molecular flexibility index (Phi) is 5.35. The van der Waals surface area contributed by atoms with Gasteiger partial charge in [-0.05, 0) is 26.2 Å². The van der Waals surface area contributed by atoms with Gasteiger partial charge in [-0.3, -0.25) is 9.59 Å². The van der Waals surface area contributed by atoms with Crippen LogP contribution in [-0.2, 0) is 14.3 Å². The Morgan fingerprint density at radius 2 is 1.85 bits per heavy atom. The number of Topliss-reactive ketones (excluding diaryl/α,β-unsaturated/α-hetero) is 1. The smallest absolute Gasteiger partial charge is 0.316 e. The highest BCUT2D eigenvalue weighted by molar-refractivity contribution is 5.97. The summed E-state index contributed by atoms with van der Waals surface area (Å²) in [6, 6.07) is 0. The van der Waals surface area contributed by atoms with Gasteiger partial charge < -0.3 is 4.74 Å². The van der Waals surface area contributed by atoms with Gasteiger partial charge >= 0.3 is 5.97 Å². The molecule has 0 aliphatic carbocycles. The molecule has 0 unspecified atom stereocenters. The molecule has 0 spiro atoms. The van der Waals surface area contributed by atoms with Crippen LogP contribution in [0.3, 0.4) is 0 Å². The highest BCUT2D eigenvalue weighted by Gasteiger charge is 2.25. The van der Waals surface area contributed by atoms with Crippen LogP contribution in [0.5, 0.6) is 0 Å². The number of carbonyl (C=O) groups excluding carboxylic acids is 2. The molecule has 0 heterocycles. The summed E-state index contributed by atoms with van der Waals surface area (Å²) in [4.78, 5) is 22.4. The molecule has 13 heavy (non-hydrogen) atoms. The van der Waals surface area contributed by atoms with E-state index in [1.165, 1.54) is 6.92 Å². The molecule has 0 rings (SSSR count). The van der Waals surface area contributed by atoms with Crippen LogP contribution in [0.2, 0.25) is 0 Å². The van der Waals surface area contributed by atoms with Crippen LogP contribution in [0.25, 0.3) is 0 Å². The Labute approximate surface area is 79.5 Å². The summed E-state index contributed by atoms with van der Waals surface area (Å²) in [6.07, 6.45) is 0.578. The number of ether oxygens (including phenoxy) is 1. The van der Waals surface area contributed by atoms with Gasteiger partial charge in [-0.15, -0.1) is 0 Å². The molecule has 0 radical (unpaired) electrons. The van der Waals surface area contributed by atoms with E-state index in [9.17, 15) is 9.59 Å². The van der Waals surface area contributed by atoms with E-state index >= 15 is 0 Å². The third-order valence-corrected chi connectivity index (χ3v) is 1.77. The van der Waals surface area contributed by atoms with E-state index in [2.05, 4.69) is 0 Å². The van der Waals surface area contributed by atoms with Crippen LogP contribution in [-0.4, -0.2) is 18.4 Å². The number of esters is 1. The summed E-state index contributed by atoms with van der Waals surface area (Å²) in [6.45, 7) is 7.47. The molecule has 3 nitrogen and oxygen atoms in total. The number of ketones is 1. The lowest BCUT2D eigenvalue weighted by atomic mass is 9.94. The van der Waals surface area contributed by atoms with Crippen molar-refractivity contribution in [1.82, 2.24) is 0 Å². The number of hydrogen-bond donors (Lipinski definition) is 0. The minimum absolute atomic E-state index is 0.104. The topological polar surface area (TPSA) is 43.4 Å². The second-order valence-corrected chi connectivity index (χ2v) is 3.54. The highest BCUT2D eigenvalue weighted by Crippen LogP contribution is 2.14. The SMILES string of the molecule is CCOC(=O)[C@@H](CC(C)C)C(C)=O. The quantitative estimate of drug-likeness (QED) is 0.485. The van der Waals surface area contributed by atoms with Gasteiger partial charge in [-0.25, -0.2) is 0 Å². The summed E-state index contributed by atoms with van der Waals surface area (Å²) >= 11 is 0. The fourth-order valence-electron chi connectivity index (χ4n) is 1.14. The van der Waals surface area contributed by atoms with E-state index in [-0.39, 0.29) is 11.8 Å². The molecule has 0 bridgehead atoms. The molecule has 3 heteroatoms. The lowest BCUT2D eigenvalue weighted by Gasteiger charge is -2.14. The zero-order valence-electron chi connectivity index (χ0n) is 8.79. The highest BCUT2D eigenvalue weighted by atomic mass is 16.5. The Balaban J connectivity index is 4.24. The second-order valence-electron chi connectivity index (χ2n) is 3.54. The summed E-state index contributed by atoms with van der Waals surface area (Å²) < 4.78 is 4.81. The molecule has 0 fully saturated rings. The van der Waals surface area contributed by atoms with Crippen LogP contribution < -0.4 is 0 Å². The van der Waals surface area contributed by atoms with E-state index in [0.717, 1.165) is 0 Å². The van der Waals surface area contributed by atoms with E-state index in [4.69, 9.17) is 4.74 Å². The molecule has 0 aromatic rings. The Hall–Kier alpha value is -0.860. The van der Waals surface area contributed by atoms with Crippen LogP contribution in [0.15, 0.2) is 0 Å². The van der Waals surface area contributed by atoms with Crippen LogP contribution >= 0.6 is 0 Å². The van der Waals surface area contributed by atoms with Crippen molar-refractivity contribution in [1.29, 1.82) is 0 Å². The lowest BCUT2D eigenvalue weighted by Crippen LogP contribution is -2.25.